The van der Waals surface area contributed by atoms with Crippen LogP contribution in [0.4, 0.5) is 0 Å². The minimum Gasteiger partial charge on any atom is -0.334 e. The fourth-order valence-corrected chi connectivity index (χ4v) is 5.66. The maximum Gasteiger partial charge on any atom is 0.255 e. The van der Waals surface area contributed by atoms with Crippen molar-refractivity contribution in [3.63, 3.8) is 0 Å². The Morgan fingerprint density at radius 2 is 1.64 bits per heavy atom. The van der Waals surface area contributed by atoms with Crippen LogP contribution in [0.2, 0.25) is 5.02 Å². The molecule has 7 heteroatoms. The molecule has 1 saturated heterocycles. The summed E-state index contributed by atoms with van der Waals surface area (Å²) < 4.78 is 27.4. The summed E-state index contributed by atoms with van der Waals surface area (Å²) in [6, 6.07) is 12.5. The van der Waals surface area contributed by atoms with E-state index in [0.29, 0.717) is 26.2 Å². The Balaban J connectivity index is 1.61. The monoisotopic (exact) mass is 418 g/mol. The summed E-state index contributed by atoms with van der Waals surface area (Å²) in [7, 11) is -3.61. The van der Waals surface area contributed by atoms with E-state index in [2.05, 4.69) is 6.07 Å². The molecule has 0 aliphatic carbocycles. The van der Waals surface area contributed by atoms with Crippen molar-refractivity contribution in [3.05, 3.63) is 64.2 Å². The Bertz CT molecular complexity index is 1000. The summed E-state index contributed by atoms with van der Waals surface area (Å²) in [5, 5.41) is 0.279. The molecule has 0 aromatic heterocycles. The molecule has 0 N–H and O–H groups in total. The molecule has 2 heterocycles. The molecular weight excluding hydrogens is 396 g/mol. The standard InChI is InChI=1S/C21H23ClN2O3S/c22-20-9-8-18(28(26,27)24-11-4-1-5-12-24)14-19(20)21(25)23-13-10-16-6-2-3-7-17(16)15-23/h2-3,6-9,14H,1,4-5,10-13,15H2. The molecule has 1 fully saturated rings. The fraction of sp³-hybridized carbons (Fsp3) is 0.381. The van der Waals surface area contributed by atoms with Crippen LogP contribution in [-0.4, -0.2) is 43.2 Å². The number of hydrogen-bond donors (Lipinski definition) is 0. The molecule has 2 aromatic carbocycles. The Hall–Kier alpha value is -1.89. The van der Waals surface area contributed by atoms with Crippen LogP contribution < -0.4 is 0 Å². The van der Waals surface area contributed by atoms with E-state index in [0.717, 1.165) is 31.2 Å². The van der Waals surface area contributed by atoms with Crippen LogP contribution in [0.1, 0.15) is 40.7 Å². The van der Waals surface area contributed by atoms with E-state index in [-0.39, 0.29) is 21.4 Å². The number of halogens is 1. The van der Waals surface area contributed by atoms with Crippen LogP contribution in [0.25, 0.3) is 0 Å². The maximum absolute atomic E-state index is 13.1. The largest absolute Gasteiger partial charge is 0.334 e. The highest BCUT2D eigenvalue weighted by atomic mass is 35.5. The summed E-state index contributed by atoms with van der Waals surface area (Å²) in [6.45, 7) is 2.15. The third kappa shape index (κ3) is 3.69. The van der Waals surface area contributed by atoms with Crippen molar-refractivity contribution in [3.8, 4) is 0 Å². The van der Waals surface area contributed by atoms with Crippen LogP contribution in [-0.2, 0) is 23.0 Å². The number of piperidine rings is 1. The molecule has 0 spiro atoms. The number of benzene rings is 2. The number of sulfonamides is 1. The molecule has 1 amide bonds. The highest BCUT2D eigenvalue weighted by Gasteiger charge is 2.29. The Morgan fingerprint density at radius 3 is 2.39 bits per heavy atom. The molecule has 0 atom stereocenters. The lowest BCUT2D eigenvalue weighted by molar-refractivity contribution is 0.0734. The van der Waals surface area contributed by atoms with Gasteiger partial charge in [-0.1, -0.05) is 42.3 Å². The molecule has 2 aliphatic rings. The first-order valence-corrected chi connectivity index (χ1v) is 11.4. The lowest BCUT2D eigenvalue weighted by Crippen LogP contribution is -2.37. The van der Waals surface area contributed by atoms with Crippen LogP contribution in [0, 0.1) is 0 Å². The van der Waals surface area contributed by atoms with Gasteiger partial charge in [0.25, 0.3) is 5.91 Å². The van der Waals surface area contributed by atoms with Gasteiger partial charge in [-0.3, -0.25) is 4.79 Å². The second-order valence-electron chi connectivity index (χ2n) is 7.35. The first-order chi connectivity index (χ1) is 13.5. The average Bonchev–Trinajstić information content (AvgIpc) is 2.73. The molecule has 28 heavy (non-hydrogen) atoms. The van der Waals surface area contributed by atoms with Crippen LogP contribution >= 0.6 is 11.6 Å². The van der Waals surface area contributed by atoms with Gasteiger partial charge in [0.2, 0.25) is 10.0 Å². The number of nitrogens with zero attached hydrogens (tertiary/aromatic N) is 2. The van der Waals surface area contributed by atoms with E-state index in [1.54, 1.807) is 4.90 Å². The molecule has 2 aliphatic heterocycles. The summed E-state index contributed by atoms with van der Waals surface area (Å²) in [5.74, 6) is -0.227. The van der Waals surface area contributed by atoms with Crippen LogP contribution in [0.15, 0.2) is 47.4 Å². The van der Waals surface area contributed by atoms with Crippen molar-refractivity contribution in [1.29, 1.82) is 0 Å². The van der Waals surface area contributed by atoms with Crippen LogP contribution in [0.5, 0.6) is 0 Å². The number of carbonyl (C=O) groups excluding carboxylic acids is 1. The van der Waals surface area contributed by atoms with E-state index >= 15 is 0 Å². The van der Waals surface area contributed by atoms with Crippen molar-refractivity contribution in [2.75, 3.05) is 19.6 Å². The first-order valence-electron chi connectivity index (χ1n) is 9.62. The number of carbonyl (C=O) groups is 1. The van der Waals surface area contributed by atoms with E-state index in [4.69, 9.17) is 11.6 Å². The predicted octanol–water partition coefficient (Wildman–Crippen LogP) is 3.71. The number of fused-ring (bicyclic) bond motifs is 1. The average molecular weight is 419 g/mol. The van der Waals surface area contributed by atoms with Crippen molar-refractivity contribution >= 4 is 27.5 Å². The van der Waals surface area contributed by atoms with Crippen molar-refractivity contribution < 1.29 is 13.2 Å². The van der Waals surface area contributed by atoms with Gasteiger partial charge in [-0.15, -0.1) is 0 Å². The highest BCUT2D eigenvalue weighted by Crippen LogP contribution is 2.27. The minimum atomic E-state index is -3.61. The van der Waals surface area contributed by atoms with Crippen LogP contribution in [0.3, 0.4) is 0 Å². The Morgan fingerprint density at radius 1 is 0.929 bits per heavy atom. The van der Waals surface area contributed by atoms with E-state index < -0.39 is 10.0 Å². The molecule has 0 unspecified atom stereocenters. The summed E-state index contributed by atoms with van der Waals surface area (Å²) >= 11 is 6.29. The molecule has 0 bridgehead atoms. The van der Waals surface area contributed by atoms with Crippen molar-refractivity contribution in [2.45, 2.75) is 37.1 Å². The van der Waals surface area contributed by atoms with Gasteiger partial charge < -0.3 is 4.90 Å². The zero-order valence-corrected chi connectivity index (χ0v) is 17.2. The molecule has 148 valence electrons. The lowest BCUT2D eigenvalue weighted by Gasteiger charge is -2.29. The van der Waals surface area contributed by atoms with Crippen molar-refractivity contribution in [1.82, 2.24) is 9.21 Å². The smallest absolute Gasteiger partial charge is 0.255 e. The maximum atomic E-state index is 13.1. The third-order valence-electron chi connectivity index (χ3n) is 5.54. The predicted molar refractivity (Wildman–Crippen MR) is 109 cm³/mol. The molecule has 0 radical (unpaired) electrons. The zero-order valence-electron chi connectivity index (χ0n) is 15.6. The van der Waals surface area contributed by atoms with E-state index in [9.17, 15) is 13.2 Å². The highest BCUT2D eigenvalue weighted by molar-refractivity contribution is 7.89. The first kappa shape index (κ1) is 19.4. The van der Waals surface area contributed by atoms with Gasteiger partial charge in [-0.25, -0.2) is 8.42 Å². The van der Waals surface area contributed by atoms with Gasteiger partial charge in [0, 0.05) is 26.2 Å². The van der Waals surface area contributed by atoms with E-state index in [1.807, 2.05) is 18.2 Å². The number of hydrogen-bond acceptors (Lipinski definition) is 3. The summed E-state index contributed by atoms with van der Waals surface area (Å²) in [4.78, 5) is 15.0. The number of rotatable bonds is 3. The molecule has 2 aromatic rings. The fourth-order valence-electron chi connectivity index (χ4n) is 3.92. The molecule has 4 rings (SSSR count). The third-order valence-corrected chi connectivity index (χ3v) is 7.76. The minimum absolute atomic E-state index is 0.138. The van der Waals surface area contributed by atoms with Gasteiger partial charge in [-0.05, 0) is 48.6 Å². The lowest BCUT2D eigenvalue weighted by atomic mass is 9.99. The molecule has 5 nitrogen and oxygen atoms in total. The second kappa shape index (κ2) is 7.85. The summed E-state index contributed by atoms with van der Waals surface area (Å²) in [5.41, 5.74) is 2.62. The topological polar surface area (TPSA) is 57.7 Å². The number of amides is 1. The van der Waals surface area contributed by atoms with Gasteiger partial charge in [0.15, 0.2) is 0 Å². The van der Waals surface area contributed by atoms with Gasteiger partial charge >= 0.3 is 0 Å². The van der Waals surface area contributed by atoms with Crippen molar-refractivity contribution in [2.24, 2.45) is 0 Å². The zero-order chi connectivity index (χ0) is 19.7. The molecular formula is C21H23ClN2O3S. The van der Waals surface area contributed by atoms with Gasteiger partial charge in [-0.2, -0.15) is 4.31 Å². The molecule has 0 saturated carbocycles. The second-order valence-corrected chi connectivity index (χ2v) is 9.70. The van der Waals surface area contributed by atoms with E-state index in [1.165, 1.54) is 28.1 Å². The Kier molecular flexibility index (Phi) is 5.45. The Labute approximate surface area is 171 Å². The SMILES string of the molecule is O=C(c1cc(S(=O)(=O)N2CCCCC2)ccc1Cl)N1CCc2ccccc2C1. The van der Waals surface area contributed by atoms with Gasteiger partial charge in [0.1, 0.15) is 0 Å². The van der Waals surface area contributed by atoms with Gasteiger partial charge in [0.05, 0.1) is 15.5 Å². The normalized spacial score (nSPS) is 18.0. The summed E-state index contributed by atoms with van der Waals surface area (Å²) in [6.07, 6.45) is 3.57. The quantitative estimate of drug-likeness (QED) is 0.763.